The van der Waals surface area contributed by atoms with Gasteiger partial charge < -0.3 is 10.6 Å². The van der Waals surface area contributed by atoms with E-state index in [-0.39, 0.29) is 24.3 Å². The standard InChI is InChI=1S/C19H20F3N3OS/c20-14-3-1-2-13(10-14)17-11-23-8-9-25(17)12-18(26)24-15-4-6-16(7-5-15)27-19(21)22/h1-7,10,17,19,23H,8-9,11-12H2,(H,24,26). The highest BCUT2D eigenvalue weighted by atomic mass is 32.2. The van der Waals surface area contributed by atoms with E-state index in [2.05, 4.69) is 10.6 Å². The van der Waals surface area contributed by atoms with Crippen molar-refractivity contribution in [2.75, 3.05) is 31.5 Å². The van der Waals surface area contributed by atoms with Crippen molar-refractivity contribution in [1.29, 1.82) is 0 Å². The minimum absolute atomic E-state index is 0.0926. The number of anilines is 1. The molecule has 1 unspecified atom stereocenters. The Morgan fingerprint density at radius 1 is 1.26 bits per heavy atom. The summed E-state index contributed by atoms with van der Waals surface area (Å²) in [5.74, 6) is -2.98. The monoisotopic (exact) mass is 395 g/mol. The number of piperazine rings is 1. The van der Waals surface area contributed by atoms with E-state index in [1.807, 2.05) is 11.0 Å². The first-order valence-electron chi connectivity index (χ1n) is 8.56. The van der Waals surface area contributed by atoms with E-state index in [9.17, 15) is 18.0 Å². The zero-order valence-corrected chi connectivity index (χ0v) is 15.3. The smallest absolute Gasteiger partial charge is 0.288 e. The molecule has 2 aromatic rings. The van der Waals surface area contributed by atoms with Gasteiger partial charge in [0.1, 0.15) is 5.82 Å². The van der Waals surface area contributed by atoms with Gasteiger partial charge in [0, 0.05) is 36.3 Å². The molecule has 144 valence electrons. The highest BCUT2D eigenvalue weighted by Crippen LogP contribution is 2.26. The molecule has 0 aliphatic carbocycles. The molecule has 3 rings (SSSR count). The second-order valence-corrected chi connectivity index (χ2v) is 7.26. The summed E-state index contributed by atoms with van der Waals surface area (Å²) in [6, 6.07) is 12.6. The van der Waals surface area contributed by atoms with Gasteiger partial charge in [-0.1, -0.05) is 23.9 Å². The highest BCUT2D eigenvalue weighted by Gasteiger charge is 2.25. The normalized spacial score (nSPS) is 17.9. The Hall–Kier alpha value is -2.03. The van der Waals surface area contributed by atoms with E-state index in [0.29, 0.717) is 35.4 Å². The van der Waals surface area contributed by atoms with Crippen LogP contribution < -0.4 is 10.6 Å². The summed E-state index contributed by atoms with van der Waals surface area (Å²) in [6.45, 7) is 2.21. The van der Waals surface area contributed by atoms with Crippen molar-refractivity contribution in [1.82, 2.24) is 10.2 Å². The summed E-state index contributed by atoms with van der Waals surface area (Å²) >= 11 is 0.462. The lowest BCUT2D eigenvalue weighted by Gasteiger charge is -2.36. The van der Waals surface area contributed by atoms with E-state index >= 15 is 0 Å². The fourth-order valence-corrected chi connectivity index (χ4v) is 3.58. The molecule has 1 aliphatic heterocycles. The molecule has 0 radical (unpaired) electrons. The van der Waals surface area contributed by atoms with Gasteiger partial charge in [-0.3, -0.25) is 9.69 Å². The van der Waals surface area contributed by atoms with Gasteiger partial charge in [-0.15, -0.1) is 0 Å². The van der Waals surface area contributed by atoms with E-state index in [1.165, 1.54) is 12.1 Å². The van der Waals surface area contributed by atoms with Gasteiger partial charge in [0.05, 0.1) is 6.54 Å². The van der Waals surface area contributed by atoms with Crippen LogP contribution in [0.25, 0.3) is 0 Å². The largest absolute Gasteiger partial charge is 0.325 e. The average molecular weight is 395 g/mol. The second kappa shape index (κ2) is 9.25. The first-order valence-corrected chi connectivity index (χ1v) is 9.44. The van der Waals surface area contributed by atoms with Crippen molar-refractivity contribution >= 4 is 23.4 Å². The van der Waals surface area contributed by atoms with Gasteiger partial charge in [-0.25, -0.2) is 4.39 Å². The molecule has 1 aliphatic rings. The van der Waals surface area contributed by atoms with Gasteiger partial charge in [0.2, 0.25) is 5.91 Å². The van der Waals surface area contributed by atoms with Gasteiger partial charge in [-0.2, -0.15) is 8.78 Å². The second-order valence-electron chi connectivity index (χ2n) is 6.20. The van der Waals surface area contributed by atoms with Crippen molar-refractivity contribution in [2.24, 2.45) is 0 Å². The van der Waals surface area contributed by atoms with Crippen LogP contribution in [0.1, 0.15) is 11.6 Å². The van der Waals surface area contributed by atoms with Crippen LogP contribution in [-0.2, 0) is 4.79 Å². The van der Waals surface area contributed by atoms with Gasteiger partial charge in [0.25, 0.3) is 5.76 Å². The van der Waals surface area contributed by atoms with Gasteiger partial charge in [0.15, 0.2) is 0 Å². The third-order valence-corrected chi connectivity index (χ3v) is 5.02. The van der Waals surface area contributed by atoms with Crippen molar-refractivity contribution in [3.8, 4) is 0 Å². The number of carbonyl (C=O) groups excluding carboxylic acids is 1. The summed E-state index contributed by atoms with van der Waals surface area (Å²) in [5, 5.41) is 6.05. The number of nitrogens with zero attached hydrogens (tertiary/aromatic N) is 1. The van der Waals surface area contributed by atoms with Gasteiger partial charge in [-0.05, 0) is 42.0 Å². The molecule has 2 aromatic carbocycles. The third kappa shape index (κ3) is 5.72. The molecule has 27 heavy (non-hydrogen) atoms. The molecule has 4 nitrogen and oxygen atoms in total. The van der Waals surface area contributed by atoms with Crippen molar-refractivity contribution < 1.29 is 18.0 Å². The Morgan fingerprint density at radius 2 is 2.04 bits per heavy atom. The lowest BCUT2D eigenvalue weighted by molar-refractivity contribution is -0.118. The quantitative estimate of drug-likeness (QED) is 0.732. The highest BCUT2D eigenvalue weighted by molar-refractivity contribution is 7.99. The minimum Gasteiger partial charge on any atom is -0.325 e. The van der Waals surface area contributed by atoms with Crippen molar-refractivity contribution in [2.45, 2.75) is 16.7 Å². The van der Waals surface area contributed by atoms with Gasteiger partial charge >= 0.3 is 0 Å². The fraction of sp³-hybridized carbons (Fsp3) is 0.316. The first-order chi connectivity index (χ1) is 13.0. The van der Waals surface area contributed by atoms with Crippen molar-refractivity contribution in [3.63, 3.8) is 0 Å². The topological polar surface area (TPSA) is 44.4 Å². The molecule has 1 saturated heterocycles. The maximum atomic E-state index is 13.5. The molecule has 0 saturated carbocycles. The van der Waals surface area contributed by atoms with Crippen LogP contribution in [0.4, 0.5) is 18.9 Å². The first kappa shape index (κ1) is 19.7. The van der Waals surface area contributed by atoms with E-state index in [1.54, 1.807) is 30.3 Å². The Kier molecular flexibility index (Phi) is 6.76. The number of rotatable bonds is 6. The Bertz CT molecular complexity index is 773. The fourth-order valence-electron chi connectivity index (χ4n) is 3.08. The molecule has 8 heteroatoms. The Morgan fingerprint density at radius 3 is 2.74 bits per heavy atom. The lowest BCUT2D eigenvalue weighted by Crippen LogP contribution is -2.48. The maximum Gasteiger partial charge on any atom is 0.288 e. The number of carbonyl (C=O) groups is 1. The minimum atomic E-state index is -2.47. The van der Waals surface area contributed by atoms with E-state index in [0.717, 1.165) is 12.1 Å². The van der Waals surface area contributed by atoms with E-state index in [4.69, 9.17) is 0 Å². The molecular weight excluding hydrogens is 375 g/mol. The van der Waals surface area contributed by atoms with Crippen LogP contribution in [0.2, 0.25) is 0 Å². The molecule has 1 heterocycles. The predicted molar refractivity (Wildman–Crippen MR) is 101 cm³/mol. The van der Waals surface area contributed by atoms with Crippen LogP contribution in [0, 0.1) is 5.82 Å². The number of halogens is 3. The summed E-state index contributed by atoms with van der Waals surface area (Å²) < 4.78 is 38.2. The molecule has 0 spiro atoms. The molecule has 0 bridgehead atoms. The number of hydrogen-bond acceptors (Lipinski definition) is 4. The molecule has 1 atom stereocenters. The van der Waals surface area contributed by atoms with Crippen molar-refractivity contribution in [3.05, 3.63) is 59.9 Å². The summed E-state index contributed by atoms with van der Waals surface area (Å²) in [4.78, 5) is 14.9. The van der Waals surface area contributed by atoms with E-state index < -0.39 is 5.76 Å². The van der Waals surface area contributed by atoms with Crippen LogP contribution in [0.15, 0.2) is 53.4 Å². The number of thioether (sulfide) groups is 1. The molecular formula is C19H20F3N3OS. The Balaban J connectivity index is 1.61. The molecule has 1 amide bonds. The zero-order chi connectivity index (χ0) is 19.2. The summed E-state index contributed by atoms with van der Waals surface area (Å²) in [7, 11) is 0. The SMILES string of the molecule is O=C(CN1CCNCC1c1cccc(F)c1)Nc1ccc(SC(F)F)cc1. The zero-order valence-electron chi connectivity index (χ0n) is 14.5. The predicted octanol–water partition coefficient (Wildman–Crippen LogP) is 3.73. The number of nitrogens with one attached hydrogen (secondary N) is 2. The maximum absolute atomic E-state index is 13.5. The number of amides is 1. The summed E-state index contributed by atoms with van der Waals surface area (Å²) in [6.07, 6.45) is 0. The van der Waals surface area contributed by atoms with Crippen LogP contribution >= 0.6 is 11.8 Å². The third-order valence-electron chi connectivity index (χ3n) is 4.30. The molecule has 0 aromatic heterocycles. The number of hydrogen-bond donors (Lipinski definition) is 2. The molecule has 2 N–H and O–H groups in total. The number of alkyl halides is 2. The summed E-state index contributed by atoms with van der Waals surface area (Å²) in [5.41, 5.74) is 1.37. The number of benzene rings is 2. The Labute approximate surface area is 160 Å². The van der Waals surface area contributed by atoms with Crippen LogP contribution in [0.5, 0.6) is 0 Å². The average Bonchev–Trinajstić information content (AvgIpc) is 2.63. The lowest BCUT2D eigenvalue weighted by atomic mass is 10.0. The molecule has 1 fully saturated rings. The van der Waals surface area contributed by atoms with Crippen LogP contribution in [0.3, 0.4) is 0 Å². The van der Waals surface area contributed by atoms with Crippen LogP contribution in [-0.4, -0.2) is 42.7 Å².